The highest BCUT2D eigenvalue weighted by molar-refractivity contribution is 5.40. The topological polar surface area (TPSA) is 80.4 Å². The summed E-state index contributed by atoms with van der Waals surface area (Å²) >= 11 is 0. The number of rotatable bonds is 2. The van der Waals surface area contributed by atoms with E-state index < -0.39 is 0 Å². The van der Waals surface area contributed by atoms with Crippen LogP contribution in [0.2, 0.25) is 0 Å². The fourth-order valence-corrected chi connectivity index (χ4v) is 3.05. The van der Waals surface area contributed by atoms with Crippen LogP contribution in [0.1, 0.15) is 42.1 Å². The smallest absolute Gasteiger partial charge is 0.243 e. The van der Waals surface area contributed by atoms with Gasteiger partial charge in [-0.2, -0.15) is 4.98 Å². The van der Waals surface area contributed by atoms with Crippen molar-refractivity contribution < 1.29 is 14.4 Å². The minimum Gasteiger partial charge on any atom is -0.493 e. The van der Waals surface area contributed by atoms with Crippen molar-refractivity contribution in [1.82, 2.24) is 15.5 Å². The van der Waals surface area contributed by atoms with E-state index in [2.05, 4.69) is 15.5 Å². The highest BCUT2D eigenvalue weighted by Crippen LogP contribution is 2.37. The van der Waals surface area contributed by atoms with E-state index in [1.807, 2.05) is 24.3 Å². The summed E-state index contributed by atoms with van der Waals surface area (Å²) in [6, 6.07) is 7.93. The number of fused-ring (bicyclic) bond motifs is 1. The molecule has 3 atom stereocenters. The summed E-state index contributed by atoms with van der Waals surface area (Å²) < 4.78 is 11.1. The first-order valence-electron chi connectivity index (χ1n) is 7.28. The van der Waals surface area contributed by atoms with Crippen LogP contribution in [0, 0.1) is 0 Å². The SMILES string of the molecule is O[C@@H]1CN[C@H](c2nc(C3CCOc4ccccc43)no2)C1. The van der Waals surface area contributed by atoms with Gasteiger partial charge in [-0.15, -0.1) is 0 Å². The molecule has 4 rings (SSSR count). The number of nitrogens with one attached hydrogen (secondary N) is 1. The second kappa shape index (κ2) is 5.13. The molecule has 2 aliphatic rings. The van der Waals surface area contributed by atoms with E-state index in [-0.39, 0.29) is 18.1 Å². The van der Waals surface area contributed by atoms with Gasteiger partial charge in [0.1, 0.15) is 5.75 Å². The molecule has 1 aromatic heterocycles. The van der Waals surface area contributed by atoms with Crippen LogP contribution in [0.5, 0.6) is 5.75 Å². The zero-order chi connectivity index (χ0) is 14.2. The van der Waals surface area contributed by atoms with Crippen LogP contribution in [0.25, 0.3) is 0 Å². The molecule has 21 heavy (non-hydrogen) atoms. The van der Waals surface area contributed by atoms with E-state index in [4.69, 9.17) is 9.26 Å². The maximum atomic E-state index is 9.58. The van der Waals surface area contributed by atoms with Crippen molar-refractivity contribution >= 4 is 0 Å². The largest absolute Gasteiger partial charge is 0.493 e. The van der Waals surface area contributed by atoms with Crippen LogP contribution in [-0.4, -0.2) is 34.5 Å². The van der Waals surface area contributed by atoms with Crippen LogP contribution in [-0.2, 0) is 0 Å². The van der Waals surface area contributed by atoms with Crippen molar-refractivity contribution in [3.8, 4) is 5.75 Å². The number of hydrogen-bond acceptors (Lipinski definition) is 6. The second-order valence-electron chi connectivity index (χ2n) is 5.57. The monoisotopic (exact) mass is 287 g/mol. The molecule has 0 amide bonds. The molecule has 1 fully saturated rings. The van der Waals surface area contributed by atoms with Gasteiger partial charge in [0.2, 0.25) is 5.89 Å². The Hall–Kier alpha value is -1.92. The Bertz CT molecular complexity index is 643. The van der Waals surface area contributed by atoms with Crippen LogP contribution in [0.4, 0.5) is 0 Å². The van der Waals surface area contributed by atoms with Gasteiger partial charge in [-0.05, 0) is 18.9 Å². The molecule has 3 heterocycles. The quantitative estimate of drug-likeness (QED) is 0.868. The molecular weight excluding hydrogens is 270 g/mol. The average Bonchev–Trinajstić information content (AvgIpc) is 3.15. The number of hydrogen-bond donors (Lipinski definition) is 2. The highest BCUT2D eigenvalue weighted by Gasteiger charge is 2.31. The Kier molecular flexibility index (Phi) is 3.12. The van der Waals surface area contributed by atoms with Crippen molar-refractivity contribution in [3.63, 3.8) is 0 Å². The lowest BCUT2D eigenvalue weighted by Gasteiger charge is -2.23. The minimum atomic E-state index is -0.339. The molecule has 6 heteroatoms. The van der Waals surface area contributed by atoms with Crippen molar-refractivity contribution in [1.29, 1.82) is 0 Å². The normalized spacial score (nSPS) is 28.1. The van der Waals surface area contributed by atoms with Crippen LogP contribution >= 0.6 is 0 Å². The molecule has 1 aromatic carbocycles. The van der Waals surface area contributed by atoms with Gasteiger partial charge in [0.25, 0.3) is 0 Å². The van der Waals surface area contributed by atoms with Crippen molar-refractivity contribution in [2.24, 2.45) is 0 Å². The van der Waals surface area contributed by atoms with E-state index >= 15 is 0 Å². The summed E-state index contributed by atoms with van der Waals surface area (Å²) in [5.41, 5.74) is 1.11. The van der Waals surface area contributed by atoms with Crippen molar-refractivity contribution in [3.05, 3.63) is 41.5 Å². The zero-order valence-corrected chi connectivity index (χ0v) is 11.5. The number of benzene rings is 1. The minimum absolute atomic E-state index is 0.0451. The predicted octanol–water partition coefficient (Wildman–Crippen LogP) is 1.38. The van der Waals surface area contributed by atoms with Gasteiger partial charge in [0.15, 0.2) is 5.82 Å². The van der Waals surface area contributed by atoms with Crippen LogP contribution in [0.3, 0.4) is 0 Å². The lowest BCUT2D eigenvalue weighted by atomic mass is 9.92. The molecule has 1 unspecified atom stereocenters. The number of aromatic nitrogens is 2. The van der Waals surface area contributed by atoms with Gasteiger partial charge in [-0.25, -0.2) is 0 Å². The fourth-order valence-electron chi connectivity index (χ4n) is 3.05. The number of aliphatic hydroxyl groups is 1. The Morgan fingerprint density at radius 1 is 1.29 bits per heavy atom. The first kappa shape index (κ1) is 12.8. The molecule has 2 aliphatic heterocycles. The zero-order valence-electron chi connectivity index (χ0n) is 11.5. The van der Waals surface area contributed by atoms with E-state index in [0.717, 1.165) is 17.7 Å². The van der Waals surface area contributed by atoms with Gasteiger partial charge in [-0.1, -0.05) is 23.4 Å². The lowest BCUT2D eigenvalue weighted by Crippen LogP contribution is -2.17. The lowest BCUT2D eigenvalue weighted by molar-refractivity contribution is 0.191. The first-order valence-corrected chi connectivity index (χ1v) is 7.28. The van der Waals surface area contributed by atoms with Crippen molar-refractivity contribution in [2.45, 2.75) is 30.9 Å². The Balaban J connectivity index is 1.62. The number of aliphatic hydroxyl groups excluding tert-OH is 1. The van der Waals surface area contributed by atoms with E-state index in [0.29, 0.717) is 31.3 Å². The average molecular weight is 287 g/mol. The molecule has 110 valence electrons. The third-order valence-corrected chi connectivity index (χ3v) is 4.13. The fraction of sp³-hybridized carbons (Fsp3) is 0.467. The maximum Gasteiger partial charge on any atom is 0.243 e. The van der Waals surface area contributed by atoms with Gasteiger partial charge in [0.05, 0.1) is 24.7 Å². The van der Waals surface area contributed by atoms with Gasteiger partial charge in [0, 0.05) is 12.1 Å². The molecule has 2 aromatic rings. The van der Waals surface area contributed by atoms with Crippen LogP contribution < -0.4 is 10.1 Å². The van der Waals surface area contributed by atoms with Gasteiger partial charge >= 0.3 is 0 Å². The summed E-state index contributed by atoms with van der Waals surface area (Å²) in [4.78, 5) is 4.54. The number of β-amino-alcohol motifs (C(OH)–C–C–N with tert-alkyl or cyclic N) is 1. The molecule has 0 spiro atoms. The molecular formula is C15H17N3O3. The number of ether oxygens (including phenoxy) is 1. The summed E-state index contributed by atoms with van der Waals surface area (Å²) in [7, 11) is 0. The Labute approximate surface area is 122 Å². The molecule has 1 saturated heterocycles. The summed E-state index contributed by atoms with van der Waals surface area (Å²) in [5, 5.41) is 16.9. The van der Waals surface area contributed by atoms with Gasteiger partial charge < -0.3 is 19.7 Å². The first-order chi connectivity index (χ1) is 10.3. The molecule has 0 bridgehead atoms. The molecule has 0 saturated carbocycles. The Morgan fingerprint density at radius 3 is 3.05 bits per heavy atom. The van der Waals surface area contributed by atoms with E-state index in [1.54, 1.807) is 0 Å². The van der Waals surface area contributed by atoms with Crippen LogP contribution in [0.15, 0.2) is 28.8 Å². The molecule has 2 N–H and O–H groups in total. The van der Waals surface area contributed by atoms with E-state index in [9.17, 15) is 5.11 Å². The third-order valence-electron chi connectivity index (χ3n) is 4.13. The predicted molar refractivity (Wildman–Crippen MR) is 74.1 cm³/mol. The van der Waals surface area contributed by atoms with Gasteiger partial charge in [-0.3, -0.25) is 0 Å². The standard InChI is InChI=1S/C15H17N3O3/c19-9-7-12(16-8-9)15-17-14(18-21-15)11-5-6-20-13-4-2-1-3-10(11)13/h1-4,9,11-12,16,19H,5-8H2/t9-,11?,12-/m0/s1. The second-order valence-corrected chi connectivity index (χ2v) is 5.57. The summed E-state index contributed by atoms with van der Waals surface area (Å²) in [6.07, 6.45) is 1.12. The van der Waals surface area contributed by atoms with Crippen molar-refractivity contribution in [2.75, 3.05) is 13.2 Å². The molecule has 0 radical (unpaired) electrons. The number of nitrogens with zero attached hydrogens (tertiary/aromatic N) is 2. The summed E-state index contributed by atoms with van der Waals surface area (Å²) in [5.74, 6) is 2.27. The molecule has 0 aliphatic carbocycles. The third kappa shape index (κ3) is 2.30. The van der Waals surface area contributed by atoms with E-state index in [1.165, 1.54) is 0 Å². The maximum absolute atomic E-state index is 9.58. The molecule has 6 nitrogen and oxygen atoms in total. The summed E-state index contributed by atoms with van der Waals surface area (Å²) in [6.45, 7) is 1.23. The highest BCUT2D eigenvalue weighted by atomic mass is 16.5. The Morgan fingerprint density at radius 2 is 2.19 bits per heavy atom. The number of para-hydroxylation sites is 1.